The van der Waals surface area contributed by atoms with Crippen LogP contribution in [0.5, 0.6) is 0 Å². The van der Waals surface area contributed by atoms with E-state index in [1.54, 1.807) is 0 Å². The fraction of sp³-hybridized carbons (Fsp3) is 0.222. The van der Waals surface area contributed by atoms with Crippen LogP contribution >= 0.6 is 11.6 Å². The molecule has 108 valence electrons. The third kappa shape index (κ3) is 2.82. The van der Waals surface area contributed by atoms with E-state index in [0.717, 1.165) is 51.5 Å². The molecule has 3 heteroatoms. The molecule has 0 saturated carbocycles. The largest absolute Gasteiger partial charge is 0.456 e. The summed E-state index contributed by atoms with van der Waals surface area (Å²) in [5.41, 5.74) is 4.26. The molecule has 1 N–H and O–H groups in total. The number of rotatable bonds is 4. The SMILES string of the molecule is CCNCc1cc(-c2cc3cccc(C)c3o2)ccc1Cl. The fourth-order valence-corrected chi connectivity index (χ4v) is 2.66. The maximum Gasteiger partial charge on any atom is 0.137 e. The number of hydrogen-bond donors (Lipinski definition) is 1. The zero-order valence-electron chi connectivity index (χ0n) is 12.2. The van der Waals surface area contributed by atoms with Crippen molar-refractivity contribution < 1.29 is 4.42 Å². The Morgan fingerprint density at radius 3 is 2.76 bits per heavy atom. The summed E-state index contributed by atoms with van der Waals surface area (Å²) >= 11 is 6.25. The summed E-state index contributed by atoms with van der Waals surface area (Å²) in [6.45, 7) is 5.83. The Balaban J connectivity index is 2.03. The number of nitrogens with one attached hydrogen (secondary N) is 1. The number of para-hydroxylation sites is 1. The van der Waals surface area contributed by atoms with E-state index in [0.29, 0.717) is 0 Å². The first-order valence-electron chi connectivity index (χ1n) is 7.17. The van der Waals surface area contributed by atoms with E-state index in [4.69, 9.17) is 16.0 Å². The minimum Gasteiger partial charge on any atom is -0.456 e. The van der Waals surface area contributed by atoms with Gasteiger partial charge in [0.25, 0.3) is 0 Å². The lowest BCUT2D eigenvalue weighted by Gasteiger charge is -2.06. The van der Waals surface area contributed by atoms with E-state index in [1.165, 1.54) is 0 Å². The Morgan fingerprint density at radius 2 is 2.00 bits per heavy atom. The van der Waals surface area contributed by atoms with Gasteiger partial charge in [-0.2, -0.15) is 0 Å². The van der Waals surface area contributed by atoms with E-state index >= 15 is 0 Å². The van der Waals surface area contributed by atoms with Crippen LogP contribution in [0, 0.1) is 6.92 Å². The molecular weight excluding hydrogens is 282 g/mol. The molecule has 0 atom stereocenters. The third-order valence-electron chi connectivity index (χ3n) is 3.64. The minimum atomic E-state index is 0.766. The van der Waals surface area contributed by atoms with Crippen LogP contribution in [0.2, 0.25) is 5.02 Å². The van der Waals surface area contributed by atoms with Crippen molar-refractivity contribution in [3.63, 3.8) is 0 Å². The van der Waals surface area contributed by atoms with Crippen LogP contribution in [0.3, 0.4) is 0 Å². The monoisotopic (exact) mass is 299 g/mol. The number of halogens is 1. The van der Waals surface area contributed by atoms with Crippen molar-refractivity contribution in [3.05, 3.63) is 58.6 Å². The molecule has 0 aliphatic carbocycles. The lowest BCUT2D eigenvalue weighted by atomic mass is 10.1. The number of aryl methyl sites for hydroxylation is 1. The van der Waals surface area contributed by atoms with E-state index in [1.807, 2.05) is 12.1 Å². The van der Waals surface area contributed by atoms with Crippen LogP contribution < -0.4 is 5.32 Å². The van der Waals surface area contributed by atoms with Crippen molar-refractivity contribution in [2.75, 3.05) is 6.54 Å². The van der Waals surface area contributed by atoms with Crippen molar-refractivity contribution in [1.82, 2.24) is 5.32 Å². The van der Waals surface area contributed by atoms with Crippen LogP contribution in [0.4, 0.5) is 0 Å². The molecule has 0 amide bonds. The molecular formula is C18H18ClNO. The fourth-order valence-electron chi connectivity index (χ4n) is 2.47. The third-order valence-corrected chi connectivity index (χ3v) is 4.01. The number of fused-ring (bicyclic) bond motifs is 1. The summed E-state index contributed by atoms with van der Waals surface area (Å²) in [5.74, 6) is 0.883. The van der Waals surface area contributed by atoms with Gasteiger partial charge in [0, 0.05) is 22.5 Å². The van der Waals surface area contributed by atoms with Crippen LogP contribution in [-0.4, -0.2) is 6.54 Å². The second-order valence-electron chi connectivity index (χ2n) is 5.19. The first kappa shape index (κ1) is 14.2. The summed E-state index contributed by atoms with van der Waals surface area (Å²) in [6, 6.07) is 14.3. The van der Waals surface area contributed by atoms with Gasteiger partial charge in [0.15, 0.2) is 0 Å². The van der Waals surface area contributed by atoms with Gasteiger partial charge < -0.3 is 9.73 Å². The molecule has 2 aromatic carbocycles. The van der Waals surface area contributed by atoms with Crippen LogP contribution in [0.25, 0.3) is 22.3 Å². The summed E-state index contributed by atoms with van der Waals surface area (Å²) in [4.78, 5) is 0. The summed E-state index contributed by atoms with van der Waals surface area (Å²) < 4.78 is 6.02. The quantitative estimate of drug-likeness (QED) is 0.719. The van der Waals surface area contributed by atoms with Crippen molar-refractivity contribution in [2.45, 2.75) is 20.4 Å². The zero-order valence-corrected chi connectivity index (χ0v) is 13.0. The summed E-state index contributed by atoms with van der Waals surface area (Å²) in [5, 5.41) is 5.22. The second kappa shape index (κ2) is 5.92. The molecule has 0 bridgehead atoms. The number of benzene rings is 2. The van der Waals surface area contributed by atoms with Gasteiger partial charge in [-0.15, -0.1) is 0 Å². The predicted octanol–water partition coefficient (Wildman–Crippen LogP) is 5.17. The van der Waals surface area contributed by atoms with Gasteiger partial charge in [-0.3, -0.25) is 0 Å². The maximum atomic E-state index is 6.25. The molecule has 0 unspecified atom stereocenters. The van der Waals surface area contributed by atoms with Gasteiger partial charge in [-0.05, 0) is 48.9 Å². The Hall–Kier alpha value is -1.77. The summed E-state index contributed by atoms with van der Waals surface area (Å²) in [6.07, 6.45) is 0. The summed E-state index contributed by atoms with van der Waals surface area (Å²) in [7, 11) is 0. The van der Waals surface area contributed by atoms with Crippen LogP contribution in [0.1, 0.15) is 18.1 Å². The maximum absolute atomic E-state index is 6.25. The number of hydrogen-bond acceptors (Lipinski definition) is 2. The molecule has 0 spiro atoms. The minimum absolute atomic E-state index is 0.766. The molecule has 21 heavy (non-hydrogen) atoms. The first-order chi connectivity index (χ1) is 10.2. The average molecular weight is 300 g/mol. The van der Waals surface area contributed by atoms with E-state index in [-0.39, 0.29) is 0 Å². The van der Waals surface area contributed by atoms with Gasteiger partial charge >= 0.3 is 0 Å². The molecule has 0 fully saturated rings. The van der Waals surface area contributed by atoms with Gasteiger partial charge in [0.05, 0.1) is 0 Å². The molecule has 0 aliphatic heterocycles. The molecule has 0 saturated heterocycles. The number of furan rings is 1. The Labute approximate surface area is 129 Å². The van der Waals surface area contributed by atoms with Gasteiger partial charge in [0.2, 0.25) is 0 Å². The topological polar surface area (TPSA) is 25.2 Å². The van der Waals surface area contributed by atoms with E-state index in [9.17, 15) is 0 Å². The Bertz CT molecular complexity index is 776. The molecule has 3 rings (SSSR count). The van der Waals surface area contributed by atoms with Gasteiger partial charge in [-0.1, -0.05) is 36.7 Å². The predicted molar refractivity (Wildman–Crippen MR) is 88.8 cm³/mol. The molecule has 1 heterocycles. The lowest BCUT2D eigenvalue weighted by Crippen LogP contribution is -2.12. The second-order valence-corrected chi connectivity index (χ2v) is 5.60. The average Bonchev–Trinajstić information content (AvgIpc) is 2.92. The smallest absolute Gasteiger partial charge is 0.137 e. The zero-order chi connectivity index (χ0) is 14.8. The highest BCUT2D eigenvalue weighted by atomic mass is 35.5. The highest BCUT2D eigenvalue weighted by molar-refractivity contribution is 6.31. The van der Waals surface area contributed by atoms with Crippen LogP contribution in [0.15, 0.2) is 46.9 Å². The van der Waals surface area contributed by atoms with E-state index < -0.39 is 0 Å². The van der Waals surface area contributed by atoms with Crippen molar-refractivity contribution in [3.8, 4) is 11.3 Å². The Kier molecular flexibility index (Phi) is 4.00. The molecule has 2 nitrogen and oxygen atoms in total. The highest BCUT2D eigenvalue weighted by Gasteiger charge is 2.10. The van der Waals surface area contributed by atoms with Crippen molar-refractivity contribution >= 4 is 22.6 Å². The van der Waals surface area contributed by atoms with E-state index in [2.05, 4.69) is 49.5 Å². The van der Waals surface area contributed by atoms with Gasteiger partial charge in [0.1, 0.15) is 11.3 Å². The lowest BCUT2D eigenvalue weighted by molar-refractivity contribution is 0.628. The normalized spacial score (nSPS) is 11.2. The molecule has 0 aliphatic rings. The molecule has 3 aromatic rings. The highest BCUT2D eigenvalue weighted by Crippen LogP contribution is 2.31. The van der Waals surface area contributed by atoms with Gasteiger partial charge in [-0.25, -0.2) is 0 Å². The first-order valence-corrected chi connectivity index (χ1v) is 7.55. The Morgan fingerprint density at radius 1 is 1.14 bits per heavy atom. The molecule has 0 radical (unpaired) electrons. The van der Waals surface area contributed by atoms with Crippen LogP contribution in [-0.2, 0) is 6.54 Å². The molecule has 1 aromatic heterocycles. The van der Waals surface area contributed by atoms with Crippen molar-refractivity contribution in [2.24, 2.45) is 0 Å². The van der Waals surface area contributed by atoms with Crippen molar-refractivity contribution in [1.29, 1.82) is 0 Å². The standard InChI is InChI=1S/C18H18ClNO/c1-3-20-11-15-9-13(7-8-16(15)19)17-10-14-6-4-5-12(2)18(14)21-17/h4-10,20H,3,11H2,1-2H3.